The van der Waals surface area contributed by atoms with Crippen molar-refractivity contribution in [2.24, 2.45) is 0 Å². The van der Waals surface area contributed by atoms with E-state index in [4.69, 9.17) is 14.7 Å². The third-order valence-electron chi connectivity index (χ3n) is 5.93. The van der Waals surface area contributed by atoms with Gasteiger partial charge in [-0.25, -0.2) is 14.4 Å². The maximum absolute atomic E-state index is 13.3. The Bertz CT molecular complexity index is 1160. The molecule has 1 aliphatic heterocycles. The van der Waals surface area contributed by atoms with Crippen LogP contribution in [-0.4, -0.2) is 34.9 Å². The summed E-state index contributed by atoms with van der Waals surface area (Å²) in [6.45, 7) is 5.58. The molecule has 7 heteroatoms. The summed E-state index contributed by atoms with van der Waals surface area (Å²) in [7, 11) is 3.69. The molecule has 0 radical (unpaired) electrons. The third kappa shape index (κ3) is 5.20. The third-order valence-corrected chi connectivity index (χ3v) is 5.93. The van der Waals surface area contributed by atoms with Gasteiger partial charge in [-0.1, -0.05) is 24.3 Å². The highest BCUT2D eigenvalue weighted by Crippen LogP contribution is 2.30. The zero-order valence-corrected chi connectivity index (χ0v) is 19.6. The van der Waals surface area contributed by atoms with Crippen molar-refractivity contribution in [2.75, 3.05) is 19.1 Å². The molecule has 0 saturated carbocycles. The monoisotopic (exact) mass is 448 g/mol. The number of carbonyl (C=O) groups excluding carboxylic acids is 1. The van der Waals surface area contributed by atoms with E-state index in [0.29, 0.717) is 44.1 Å². The lowest BCUT2D eigenvalue weighted by Crippen LogP contribution is -2.36. The molecule has 0 fully saturated rings. The van der Waals surface area contributed by atoms with Gasteiger partial charge in [0.25, 0.3) is 0 Å². The Balaban J connectivity index is 1.57. The van der Waals surface area contributed by atoms with E-state index in [1.165, 1.54) is 12.1 Å². The summed E-state index contributed by atoms with van der Waals surface area (Å²) in [5.41, 5.74) is 5.00. The first-order valence-corrected chi connectivity index (χ1v) is 11.1. The van der Waals surface area contributed by atoms with Crippen LogP contribution >= 0.6 is 0 Å². The maximum Gasteiger partial charge on any atom is 0.228 e. The smallest absolute Gasteiger partial charge is 0.228 e. The van der Waals surface area contributed by atoms with Crippen LogP contribution in [0.15, 0.2) is 42.5 Å². The highest BCUT2D eigenvalue weighted by Gasteiger charge is 2.28. The quantitative estimate of drug-likeness (QED) is 0.538. The number of ether oxygens (including phenoxy) is 1. The first-order chi connectivity index (χ1) is 15.8. The molecule has 3 aromatic rings. The predicted molar refractivity (Wildman–Crippen MR) is 126 cm³/mol. The number of amides is 1. The molecular weight excluding hydrogens is 419 g/mol. The fraction of sp³-hybridized carbons (Fsp3) is 0.346. The zero-order valence-electron chi connectivity index (χ0n) is 19.6. The minimum absolute atomic E-state index is 0.0219. The molecule has 6 nitrogen and oxygen atoms in total. The van der Waals surface area contributed by atoms with Crippen molar-refractivity contribution in [1.82, 2.24) is 14.9 Å². The number of aryl methyl sites for hydroxylation is 2. The Labute approximate surface area is 194 Å². The van der Waals surface area contributed by atoms with E-state index in [0.717, 1.165) is 33.7 Å². The van der Waals surface area contributed by atoms with Crippen LogP contribution in [0.2, 0.25) is 0 Å². The number of nitrogens with zero attached hydrogens (tertiary/aromatic N) is 4. The summed E-state index contributed by atoms with van der Waals surface area (Å²) in [6, 6.07) is 12.4. The molecule has 33 heavy (non-hydrogen) atoms. The van der Waals surface area contributed by atoms with Crippen molar-refractivity contribution in [1.29, 1.82) is 0 Å². The highest BCUT2D eigenvalue weighted by molar-refractivity contribution is 5.95. The number of benzene rings is 2. The van der Waals surface area contributed by atoms with E-state index in [1.807, 2.05) is 27.0 Å². The number of methoxy groups -OCH3 is 1. The highest BCUT2D eigenvalue weighted by atomic mass is 19.1. The Morgan fingerprint density at radius 2 is 1.82 bits per heavy atom. The Hall–Kier alpha value is -3.32. The van der Waals surface area contributed by atoms with Gasteiger partial charge >= 0.3 is 0 Å². The maximum atomic E-state index is 13.3. The summed E-state index contributed by atoms with van der Waals surface area (Å²) >= 11 is 0. The molecule has 0 spiro atoms. The van der Waals surface area contributed by atoms with Crippen molar-refractivity contribution < 1.29 is 13.9 Å². The Morgan fingerprint density at radius 3 is 2.55 bits per heavy atom. The number of rotatable bonds is 7. The van der Waals surface area contributed by atoms with E-state index in [9.17, 15) is 9.18 Å². The molecule has 4 rings (SSSR count). The zero-order chi connectivity index (χ0) is 23.5. The number of aromatic nitrogens is 2. The number of fused-ring (bicyclic) bond motifs is 1. The lowest BCUT2D eigenvalue weighted by atomic mass is 10.0. The lowest BCUT2D eigenvalue weighted by molar-refractivity contribution is -0.119. The summed E-state index contributed by atoms with van der Waals surface area (Å²) in [5.74, 6) is 1.92. The van der Waals surface area contributed by atoms with E-state index < -0.39 is 0 Å². The summed E-state index contributed by atoms with van der Waals surface area (Å²) in [5, 5.41) is 0. The lowest BCUT2D eigenvalue weighted by Gasteiger charge is -2.30. The molecule has 1 aromatic heterocycles. The SMILES string of the molecule is COc1cc(C)ccc1CN(C)Cc1nc(C)c2c(n1)N(Cc1ccc(F)cc1)C(=O)CC2. The van der Waals surface area contributed by atoms with Gasteiger partial charge in [0.15, 0.2) is 0 Å². The van der Waals surface area contributed by atoms with Crippen molar-refractivity contribution in [2.45, 2.75) is 46.3 Å². The Morgan fingerprint density at radius 1 is 1.06 bits per heavy atom. The van der Waals surface area contributed by atoms with Gasteiger partial charge in [-0.2, -0.15) is 0 Å². The predicted octanol–water partition coefficient (Wildman–Crippen LogP) is 4.35. The van der Waals surface area contributed by atoms with Crippen LogP contribution in [0.3, 0.4) is 0 Å². The normalized spacial score (nSPS) is 13.4. The van der Waals surface area contributed by atoms with Crippen molar-refractivity contribution in [3.05, 3.63) is 82.1 Å². The van der Waals surface area contributed by atoms with Gasteiger partial charge in [0, 0.05) is 29.8 Å². The minimum atomic E-state index is -0.294. The van der Waals surface area contributed by atoms with Gasteiger partial charge in [0.05, 0.1) is 20.2 Å². The first-order valence-electron chi connectivity index (χ1n) is 11.1. The molecule has 2 aromatic carbocycles. The van der Waals surface area contributed by atoms with E-state index in [2.05, 4.69) is 17.0 Å². The number of hydrogen-bond acceptors (Lipinski definition) is 5. The topological polar surface area (TPSA) is 58.6 Å². The number of hydrogen-bond donors (Lipinski definition) is 0. The molecule has 1 aliphatic rings. The van der Waals surface area contributed by atoms with Gasteiger partial charge in [-0.3, -0.25) is 14.6 Å². The van der Waals surface area contributed by atoms with Gasteiger partial charge in [0.1, 0.15) is 23.2 Å². The second kappa shape index (κ2) is 9.67. The van der Waals surface area contributed by atoms with E-state index >= 15 is 0 Å². The van der Waals surface area contributed by atoms with Crippen molar-refractivity contribution in [3.8, 4) is 5.75 Å². The molecule has 2 heterocycles. The summed E-state index contributed by atoms with van der Waals surface area (Å²) in [6.07, 6.45) is 1.06. The van der Waals surface area contributed by atoms with Crippen LogP contribution in [0.25, 0.3) is 0 Å². The van der Waals surface area contributed by atoms with Gasteiger partial charge in [-0.05, 0) is 56.6 Å². The van der Waals surface area contributed by atoms with Crippen LogP contribution in [-0.2, 0) is 30.8 Å². The van der Waals surface area contributed by atoms with Crippen LogP contribution in [0.4, 0.5) is 10.2 Å². The second-order valence-electron chi connectivity index (χ2n) is 8.62. The fourth-order valence-electron chi connectivity index (χ4n) is 4.22. The van der Waals surface area contributed by atoms with Gasteiger partial charge < -0.3 is 4.74 Å². The summed E-state index contributed by atoms with van der Waals surface area (Å²) < 4.78 is 18.9. The summed E-state index contributed by atoms with van der Waals surface area (Å²) in [4.78, 5) is 26.1. The van der Waals surface area contributed by atoms with E-state index in [-0.39, 0.29) is 11.7 Å². The van der Waals surface area contributed by atoms with E-state index in [1.54, 1.807) is 24.1 Å². The molecule has 0 saturated heterocycles. The average molecular weight is 449 g/mol. The van der Waals surface area contributed by atoms with Crippen LogP contribution in [0.1, 0.15) is 40.2 Å². The molecule has 0 unspecified atom stereocenters. The molecule has 0 bridgehead atoms. The van der Waals surface area contributed by atoms with Gasteiger partial charge in [-0.15, -0.1) is 0 Å². The van der Waals surface area contributed by atoms with Crippen molar-refractivity contribution in [3.63, 3.8) is 0 Å². The average Bonchev–Trinajstić information content (AvgIpc) is 2.78. The Kier molecular flexibility index (Phi) is 6.70. The molecule has 1 amide bonds. The van der Waals surface area contributed by atoms with Crippen LogP contribution < -0.4 is 9.64 Å². The molecule has 0 N–H and O–H groups in total. The van der Waals surface area contributed by atoms with Crippen molar-refractivity contribution >= 4 is 11.7 Å². The van der Waals surface area contributed by atoms with Gasteiger partial charge in [0.2, 0.25) is 5.91 Å². The minimum Gasteiger partial charge on any atom is -0.496 e. The number of carbonyl (C=O) groups is 1. The largest absolute Gasteiger partial charge is 0.496 e. The fourth-order valence-corrected chi connectivity index (χ4v) is 4.22. The van der Waals surface area contributed by atoms with Crippen LogP contribution in [0, 0.1) is 19.7 Å². The second-order valence-corrected chi connectivity index (χ2v) is 8.62. The molecule has 0 atom stereocenters. The number of halogens is 1. The standard InChI is InChI=1S/C26H29FN4O2/c1-17-5-8-20(23(13-17)33-4)15-30(3)16-24-28-18(2)22-11-12-25(32)31(26(22)29-24)14-19-6-9-21(27)10-7-19/h5-10,13H,11-12,14-16H2,1-4H3. The number of anilines is 1. The molecule has 172 valence electrons. The molecule has 0 aliphatic carbocycles. The molecular formula is C26H29FN4O2. The first kappa shape index (κ1) is 22.9. The van der Waals surface area contributed by atoms with Crippen LogP contribution in [0.5, 0.6) is 5.75 Å².